The van der Waals surface area contributed by atoms with Crippen molar-refractivity contribution < 1.29 is 30.9 Å². The van der Waals surface area contributed by atoms with Gasteiger partial charge in [0, 0.05) is 5.92 Å². The van der Waals surface area contributed by atoms with E-state index in [9.17, 15) is 18.0 Å². The lowest BCUT2D eigenvalue weighted by molar-refractivity contribution is -0.119. The van der Waals surface area contributed by atoms with Gasteiger partial charge in [0.15, 0.2) is 21.7 Å². The van der Waals surface area contributed by atoms with Crippen molar-refractivity contribution in [3.05, 3.63) is 0 Å². The summed E-state index contributed by atoms with van der Waals surface area (Å²) in [5, 5.41) is 0. The smallest absolute Gasteiger partial charge is 0.485 e. The predicted molar refractivity (Wildman–Crippen MR) is 87.4 cm³/mol. The van der Waals surface area contributed by atoms with Crippen LogP contribution >= 0.6 is 0 Å². The SMILES string of the molecule is CCCC[S+](CCCC)CC(=O)C(C)C.O=S(=O)([O-])C(F)(F)F. The molecule has 0 aliphatic carbocycles. The first-order chi connectivity index (χ1) is 10.4. The Morgan fingerprint density at radius 3 is 1.65 bits per heavy atom. The average molecular weight is 380 g/mol. The summed E-state index contributed by atoms with van der Waals surface area (Å²) >= 11 is 0. The second-order valence-electron chi connectivity index (χ2n) is 5.39. The molecule has 0 aromatic carbocycles. The van der Waals surface area contributed by atoms with Gasteiger partial charge in [-0.25, -0.2) is 8.42 Å². The third kappa shape index (κ3) is 13.8. The lowest BCUT2D eigenvalue weighted by Crippen LogP contribution is -2.25. The zero-order valence-corrected chi connectivity index (χ0v) is 15.7. The fraction of sp³-hybridized carbons (Fsp3) is 0.929. The first kappa shape index (κ1) is 25.0. The maximum Gasteiger partial charge on any atom is 0.485 e. The Bertz CT molecular complexity index is 412. The Morgan fingerprint density at radius 2 is 1.43 bits per heavy atom. The molecule has 0 bridgehead atoms. The largest absolute Gasteiger partial charge is 0.741 e. The van der Waals surface area contributed by atoms with Crippen LogP contribution in [0.4, 0.5) is 13.2 Å². The third-order valence-electron chi connectivity index (χ3n) is 2.85. The van der Waals surface area contributed by atoms with Crippen molar-refractivity contribution in [1.82, 2.24) is 0 Å². The highest BCUT2D eigenvalue weighted by Gasteiger charge is 2.36. The molecule has 0 atom stereocenters. The number of rotatable bonds is 9. The van der Waals surface area contributed by atoms with E-state index in [0.29, 0.717) is 16.7 Å². The fourth-order valence-electron chi connectivity index (χ4n) is 1.31. The Kier molecular flexibility index (Phi) is 13.2. The Hall–Kier alpha value is -0.280. The molecule has 0 heterocycles. The number of unbranched alkanes of at least 4 members (excludes halogenated alkanes) is 2. The van der Waals surface area contributed by atoms with E-state index in [4.69, 9.17) is 13.0 Å². The summed E-state index contributed by atoms with van der Waals surface area (Å²) in [7, 11) is -5.71. The lowest BCUT2D eigenvalue weighted by atomic mass is 10.1. The van der Waals surface area contributed by atoms with Crippen LogP contribution in [0.3, 0.4) is 0 Å². The van der Waals surface area contributed by atoms with E-state index in [1.165, 1.54) is 37.2 Å². The molecule has 0 aliphatic heterocycles. The number of carbonyl (C=O) groups is 1. The molecule has 0 saturated carbocycles. The molecular weight excluding hydrogens is 353 g/mol. The second kappa shape index (κ2) is 12.1. The molecule has 0 saturated heterocycles. The van der Waals surface area contributed by atoms with Crippen LogP contribution < -0.4 is 0 Å². The summed E-state index contributed by atoms with van der Waals surface area (Å²) in [5.41, 5.74) is -5.65. The first-order valence-electron chi connectivity index (χ1n) is 7.55. The molecule has 0 rings (SSSR count). The molecule has 9 heteroatoms. The highest BCUT2D eigenvalue weighted by atomic mass is 32.2. The van der Waals surface area contributed by atoms with Gasteiger partial charge in [0.1, 0.15) is 11.5 Å². The van der Waals surface area contributed by atoms with Crippen LogP contribution in [0.25, 0.3) is 0 Å². The van der Waals surface area contributed by atoms with Gasteiger partial charge in [-0.15, -0.1) is 0 Å². The Balaban J connectivity index is 0. The van der Waals surface area contributed by atoms with E-state index in [1.54, 1.807) is 0 Å². The van der Waals surface area contributed by atoms with Crippen LogP contribution in [0.15, 0.2) is 0 Å². The van der Waals surface area contributed by atoms with Crippen LogP contribution in [-0.2, 0) is 25.8 Å². The van der Waals surface area contributed by atoms with Gasteiger partial charge in [-0.1, -0.05) is 40.5 Å². The summed E-state index contributed by atoms with van der Waals surface area (Å²) in [6.07, 6.45) is 5.09. The quantitative estimate of drug-likeness (QED) is 0.349. The van der Waals surface area contributed by atoms with Crippen molar-refractivity contribution in [1.29, 1.82) is 0 Å². The molecule has 140 valence electrons. The van der Waals surface area contributed by atoms with Crippen molar-refractivity contribution in [2.45, 2.75) is 58.9 Å². The number of halogens is 3. The summed E-state index contributed by atoms with van der Waals surface area (Å²) in [4.78, 5) is 11.7. The average Bonchev–Trinajstić information content (AvgIpc) is 2.39. The van der Waals surface area contributed by atoms with E-state index >= 15 is 0 Å². The number of hydrogen-bond donors (Lipinski definition) is 0. The molecule has 4 nitrogen and oxygen atoms in total. The van der Waals surface area contributed by atoms with Gasteiger partial charge in [-0.3, -0.25) is 4.79 Å². The summed E-state index contributed by atoms with van der Waals surface area (Å²) in [6, 6.07) is 0. The molecule has 0 spiro atoms. The zero-order valence-electron chi connectivity index (χ0n) is 14.1. The highest BCUT2D eigenvalue weighted by Crippen LogP contribution is 2.20. The maximum atomic E-state index is 11.7. The standard InChI is InChI=1S/C13H27OS.CHF3O3S/c1-5-7-9-15(10-8-6-2)11-13(14)12(3)4;2-1(3,4)8(5,6)7/h12H,5-11H2,1-4H3;(H,5,6,7)/q+1;/p-1. The van der Waals surface area contributed by atoms with Crippen LogP contribution in [0.1, 0.15) is 53.4 Å². The number of alkyl halides is 3. The van der Waals surface area contributed by atoms with Gasteiger partial charge < -0.3 is 4.55 Å². The molecule has 0 radical (unpaired) electrons. The molecule has 0 unspecified atom stereocenters. The summed E-state index contributed by atoms with van der Waals surface area (Å²) in [5.74, 6) is 4.08. The van der Waals surface area contributed by atoms with Gasteiger partial charge in [0.2, 0.25) is 0 Å². The summed E-state index contributed by atoms with van der Waals surface area (Å²) < 4.78 is 58.9. The van der Waals surface area contributed by atoms with Crippen LogP contribution in [0.2, 0.25) is 0 Å². The first-order valence-corrected chi connectivity index (χ1v) is 10.7. The van der Waals surface area contributed by atoms with Crippen molar-refractivity contribution >= 4 is 26.8 Å². The number of Topliss-reactive ketones (excluding diaryl/α,β-unsaturated/α-hetero) is 1. The van der Waals surface area contributed by atoms with E-state index in [0.717, 1.165) is 5.75 Å². The third-order valence-corrected chi connectivity index (χ3v) is 5.84. The van der Waals surface area contributed by atoms with Crippen molar-refractivity contribution in [2.24, 2.45) is 5.92 Å². The molecule has 0 fully saturated rings. The minimum absolute atomic E-state index is 0.225. The van der Waals surface area contributed by atoms with Gasteiger partial charge in [0.05, 0.1) is 0 Å². The molecule has 0 aliphatic rings. The normalized spacial score (nSPS) is 12.3. The van der Waals surface area contributed by atoms with E-state index in [1.807, 2.05) is 13.8 Å². The minimum atomic E-state index is -6.09. The highest BCUT2D eigenvalue weighted by molar-refractivity contribution is 7.97. The molecule has 0 N–H and O–H groups in total. The van der Waals surface area contributed by atoms with E-state index in [-0.39, 0.29) is 5.92 Å². The van der Waals surface area contributed by atoms with Crippen LogP contribution in [-0.4, -0.2) is 41.5 Å². The topological polar surface area (TPSA) is 74.3 Å². The number of carbonyl (C=O) groups excluding carboxylic acids is 1. The second-order valence-corrected chi connectivity index (χ2v) is 9.09. The maximum absolute atomic E-state index is 11.7. The molecule has 0 aromatic heterocycles. The number of ketones is 1. The van der Waals surface area contributed by atoms with E-state index < -0.39 is 15.6 Å². The predicted octanol–water partition coefficient (Wildman–Crippen LogP) is 3.48. The summed E-state index contributed by atoms with van der Waals surface area (Å²) in [6.45, 7) is 8.49. The van der Waals surface area contributed by atoms with Gasteiger partial charge in [-0.2, -0.15) is 13.2 Å². The molecule has 0 aromatic rings. The van der Waals surface area contributed by atoms with Gasteiger partial charge >= 0.3 is 5.51 Å². The van der Waals surface area contributed by atoms with Gasteiger partial charge in [-0.05, 0) is 23.7 Å². The van der Waals surface area contributed by atoms with Crippen LogP contribution in [0, 0.1) is 5.92 Å². The molecule has 23 heavy (non-hydrogen) atoms. The Labute approximate surface area is 140 Å². The lowest BCUT2D eigenvalue weighted by Gasteiger charge is -2.09. The molecule has 0 amide bonds. The fourth-order valence-corrected chi connectivity index (χ4v) is 3.93. The van der Waals surface area contributed by atoms with Crippen molar-refractivity contribution in [3.63, 3.8) is 0 Å². The van der Waals surface area contributed by atoms with Crippen molar-refractivity contribution in [3.8, 4) is 0 Å². The van der Waals surface area contributed by atoms with Crippen molar-refractivity contribution in [2.75, 3.05) is 17.3 Å². The van der Waals surface area contributed by atoms with E-state index in [2.05, 4.69) is 13.8 Å². The minimum Gasteiger partial charge on any atom is -0.741 e. The molecular formula is C14H27F3O4S2. The monoisotopic (exact) mass is 380 g/mol. The number of hydrogen-bond acceptors (Lipinski definition) is 4. The van der Waals surface area contributed by atoms with Crippen LogP contribution in [0.5, 0.6) is 0 Å². The van der Waals surface area contributed by atoms with Gasteiger partial charge in [0.25, 0.3) is 0 Å². The zero-order chi connectivity index (χ0) is 18.7. The Morgan fingerprint density at radius 1 is 1.09 bits per heavy atom.